The highest BCUT2D eigenvalue weighted by atomic mass is 14.9. The number of fused-ring (bicyclic) bond motifs is 1. The first kappa shape index (κ1) is 11.1. The van der Waals surface area contributed by atoms with Gasteiger partial charge in [-0.3, -0.25) is 4.98 Å². The van der Waals surface area contributed by atoms with E-state index in [9.17, 15) is 0 Å². The van der Waals surface area contributed by atoms with Crippen LogP contribution in [0.3, 0.4) is 0 Å². The zero-order valence-corrected chi connectivity index (χ0v) is 9.90. The van der Waals surface area contributed by atoms with Crippen molar-refractivity contribution in [3.8, 4) is 0 Å². The lowest BCUT2D eigenvalue weighted by atomic mass is 10.1. The number of benzene rings is 1. The molecule has 2 rings (SSSR count). The molecule has 16 heavy (non-hydrogen) atoms. The molecule has 0 aliphatic carbocycles. The van der Waals surface area contributed by atoms with Crippen LogP contribution in [0.15, 0.2) is 36.5 Å². The van der Waals surface area contributed by atoms with Gasteiger partial charge in [0.1, 0.15) is 0 Å². The van der Waals surface area contributed by atoms with Gasteiger partial charge >= 0.3 is 0 Å². The van der Waals surface area contributed by atoms with Gasteiger partial charge in [-0.05, 0) is 31.3 Å². The van der Waals surface area contributed by atoms with Crippen molar-refractivity contribution >= 4 is 10.8 Å². The highest BCUT2D eigenvalue weighted by molar-refractivity contribution is 5.84. The molecule has 0 amide bonds. The Labute approximate surface area is 96.7 Å². The van der Waals surface area contributed by atoms with Crippen LogP contribution in [0.4, 0.5) is 0 Å². The largest absolute Gasteiger partial charge is 0.309 e. The van der Waals surface area contributed by atoms with Crippen molar-refractivity contribution in [2.75, 3.05) is 6.54 Å². The van der Waals surface area contributed by atoms with Crippen molar-refractivity contribution in [3.63, 3.8) is 0 Å². The van der Waals surface area contributed by atoms with Crippen LogP contribution in [0.2, 0.25) is 0 Å². The molecule has 0 spiro atoms. The molecule has 2 heteroatoms. The summed E-state index contributed by atoms with van der Waals surface area (Å²) in [5.74, 6) is 0. The molecule has 84 valence electrons. The van der Waals surface area contributed by atoms with Crippen molar-refractivity contribution in [3.05, 3.63) is 42.2 Å². The second-order valence-corrected chi connectivity index (χ2v) is 4.09. The number of aromatic nitrogens is 1. The second kappa shape index (κ2) is 5.08. The Morgan fingerprint density at radius 2 is 2.06 bits per heavy atom. The number of nitrogens with zero attached hydrogens (tertiary/aromatic N) is 1. The van der Waals surface area contributed by atoms with E-state index in [1.807, 2.05) is 6.20 Å². The molecule has 0 aliphatic heterocycles. The summed E-state index contributed by atoms with van der Waals surface area (Å²) in [7, 11) is 0. The van der Waals surface area contributed by atoms with E-state index in [1.54, 1.807) is 0 Å². The Morgan fingerprint density at radius 3 is 2.88 bits per heavy atom. The predicted octanol–water partition coefficient (Wildman–Crippen LogP) is 3.30. The van der Waals surface area contributed by atoms with E-state index in [-0.39, 0.29) is 0 Å². The van der Waals surface area contributed by atoms with Crippen LogP contribution in [0, 0.1) is 0 Å². The Kier molecular flexibility index (Phi) is 3.52. The monoisotopic (exact) mass is 214 g/mol. The Morgan fingerprint density at radius 1 is 1.25 bits per heavy atom. The molecular formula is C14H18N2. The van der Waals surface area contributed by atoms with E-state index in [2.05, 4.69) is 54.5 Å². The summed E-state index contributed by atoms with van der Waals surface area (Å²) in [4.78, 5) is 4.50. The van der Waals surface area contributed by atoms with E-state index in [4.69, 9.17) is 0 Å². The van der Waals surface area contributed by atoms with Gasteiger partial charge in [0.05, 0.1) is 5.69 Å². The summed E-state index contributed by atoms with van der Waals surface area (Å²) in [5.41, 5.74) is 1.14. The first-order valence-electron chi connectivity index (χ1n) is 5.90. The standard InChI is InChI=1S/C14H18N2/c1-3-9-15-11(2)14-13-7-5-4-6-12(13)8-10-16-14/h4-8,10-11,15H,3,9H2,1-2H3. The lowest BCUT2D eigenvalue weighted by Crippen LogP contribution is -2.20. The zero-order valence-electron chi connectivity index (χ0n) is 9.90. The van der Waals surface area contributed by atoms with Crippen LogP contribution in [0.25, 0.3) is 10.8 Å². The SMILES string of the molecule is CCCNC(C)c1nccc2ccccc12. The van der Waals surface area contributed by atoms with Crippen molar-refractivity contribution in [1.82, 2.24) is 10.3 Å². The van der Waals surface area contributed by atoms with Crippen LogP contribution >= 0.6 is 0 Å². The number of pyridine rings is 1. The number of hydrogen-bond donors (Lipinski definition) is 1. The number of rotatable bonds is 4. The van der Waals surface area contributed by atoms with Crippen molar-refractivity contribution in [2.45, 2.75) is 26.3 Å². The van der Waals surface area contributed by atoms with Gasteiger partial charge in [-0.2, -0.15) is 0 Å². The van der Waals surface area contributed by atoms with Gasteiger partial charge < -0.3 is 5.32 Å². The quantitative estimate of drug-likeness (QED) is 0.844. The molecule has 0 aliphatic rings. The van der Waals surface area contributed by atoms with E-state index in [0.717, 1.165) is 18.7 Å². The fourth-order valence-electron chi connectivity index (χ4n) is 1.95. The average molecular weight is 214 g/mol. The molecule has 0 saturated carbocycles. The smallest absolute Gasteiger partial charge is 0.0648 e. The molecular weight excluding hydrogens is 196 g/mol. The third kappa shape index (κ3) is 2.22. The molecule has 1 atom stereocenters. The Bertz CT molecular complexity index is 460. The minimum absolute atomic E-state index is 0.311. The van der Waals surface area contributed by atoms with Crippen LogP contribution in [0.1, 0.15) is 32.0 Å². The molecule has 2 aromatic rings. The molecule has 2 nitrogen and oxygen atoms in total. The van der Waals surface area contributed by atoms with Gasteiger partial charge in [-0.15, -0.1) is 0 Å². The summed E-state index contributed by atoms with van der Waals surface area (Å²) in [6.45, 7) is 5.38. The first-order valence-corrected chi connectivity index (χ1v) is 5.90. The van der Waals surface area contributed by atoms with Crippen LogP contribution in [-0.2, 0) is 0 Å². The molecule has 1 N–H and O–H groups in total. The predicted molar refractivity (Wildman–Crippen MR) is 68.5 cm³/mol. The van der Waals surface area contributed by atoms with Gasteiger partial charge in [0.2, 0.25) is 0 Å². The Balaban J connectivity index is 2.36. The highest BCUT2D eigenvalue weighted by Gasteiger charge is 2.08. The van der Waals surface area contributed by atoms with Crippen LogP contribution in [-0.4, -0.2) is 11.5 Å². The third-order valence-corrected chi connectivity index (χ3v) is 2.82. The fraction of sp³-hybridized carbons (Fsp3) is 0.357. The van der Waals surface area contributed by atoms with Crippen molar-refractivity contribution in [2.24, 2.45) is 0 Å². The minimum Gasteiger partial charge on any atom is -0.309 e. The molecule has 1 heterocycles. The maximum atomic E-state index is 4.50. The summed E-state index contributed by atoms with van der Waals surface area (Å²) in [6, 6.07) is 10.8. The maximum Gasteiger partial charge on any atom is 0.0648 e. The Hall–Kier alpha value is -1.41. The molecule has 0 saturated heterocycles. The molecule has 1 aromatic heterocycles. The van der Waals surface area contributed by atoms with E-state index in [1.165, 1.54) is 10.8 Å². The summed E-state index contributed by atoms with van der Waals surface area (Å²) in [6.07, 6.45) is 3.04. The van der Waals surface area contributed by atoms with Gasteiger partial charge in [0.15, 0.2) is 0 Å². The van der Waals surface area contributed by atoms with Crippen LogP contribution in [0.5, 0.6) is 0 Å². The number of hydrogen-bond acceptors (Lipinski definition) is 2. The third-order valence-electron chi connectivity index (χ3n) is 2.82. The van der Waals surface area contributed by atoms with E-state index in [0.29, 0.717) is 6.04 Å². The van der Waals surface area contributed by atoms with Crippen molar-refractivity contribution < 1.29 is 0 Å². The topological polar surface area (TPSA) is 24.9 Å². The van der Waals surface area contributed by atoms with E-state index < -0.39 is 0 Å². The minimum atomic E-state index is 0.311. The summed E-state index contributed by atoms with van der Waals surface area (Å²) < 4.78 is 0. The summed E-state index contributed by atoms with van der Waals surface area (Å²) in [5, 5.41) is 5.99. The summed E-state index contributed by atoms with van der Waals surface area (Å²) >= 11 is 0. The lowest BCUT2D eigenvalue weighted by Gasteiger charge is -2.14. The zero-order chi connectivity index (χ0) is 11.4. The molecule has 1 unspecified atom stereocenters. The normalized spacial score (nSPS) is 12.9. The van der Waals surface area contributed by atoms with Gasteiger partial charge in [-0.25, -0.2) is 0 Å². The molecule has 0 bridgehead atoms. The molecule has 0 fully saturated rings. The van der Waals surface area contributed by atoms with Crippen molar-refractivity contribution in [1.29, 1.82) is 0 Å². The average Bonchev–Trinajstić information content (AvgIpc) is 2.35. The second-order valence-electron chi connectivity index (χ2n) is 4.09. The van der Waals surface area contributed by atoms with Gasteiger partial charge in [-0.1, -0.05) is 31.2 Å². The van der Waals surface area contributed by atoms with Crippen LogP contribution < -0.4 is 5.32 Å². The molecule has 0 radical (unpaired) electrons. The number of nitrogens with one attached hydrogen (secondary N) is 1. The fourth-order valence-corrected chi connectivity index (χ4v) is 1.95. The van der Waals surface area contributed by atoms with Gasteiger partial charge in [0, 0.05) is 17.6 Å². The maximum absolute atomic E-state index is 4.50. The lowest BCUT2D eigenvalue weighted by molar-refractivity contribution is 0.562. The highest BCUT2D eigenvalue weighted by Crippen LogP contribution is 2.21. The molecule has 1 aromatic carbocycles. The first-order chi connectivity index (χ1) is 7.83. The van der Waals surface area contributed by atoms with E-state index >= 15 is 0 Å². The van der Waals surface area contributed by atoms with Gasteiger partial charge in [0.25, 0.3) is 0 Å².